The van der Waals surface area contributed by atoms with Crippen LogP contribution in [0.3, 0.4) is 0 Å². The third-order valence-electron chi connectivity index (χ3n) is 2.49. The van der Waals surface area contributed by atoms with Crippen LogP contribution in [0.2, 0.25) is 0 Å². The van der Waals surface area contributed by atoms with Crippen LogP contribution in [0.25, 0.3) is 0 Å². The molecule has 0 radical (unpaired) electrons. The van der Waals surface area contributed by atoms with Crippen LogP contribution in [0, 0.1) is 0 Å². The van der Waals surface area contributed by atoms with Crippen LogP contribution in [0.15, 0.2) is 48.7 Å². The SMILES string of the molecule is Nc1ncccc1OCC(=O)NCc1ccccc1. The average Bonchev–Trinajstić information content (AvgIpc) is 2.45. The van der Waals surface area contributed by atoms with Crippen LogP contribution in [-0.2, 0) is 11.3 Å². The molecule has 0 fully saturated rings. The van der Waals surface area contributed by atoms with Gasteiger partial charge in [-0.05, 0) is 17.7 Å². The second kappa shape index (κ2) is 6.39. The Hall–Kier alpha value is -2.56. The fourth-order valence-electron chi connectivity index (χ4n) is 1.52. The number of aromatic nitrogens is 1. The van der Waals surface area contributed by atoms with Gasteiger partial charge in [0.05, 0.1) is 0 Å². The van der Waals surface area contributed by atoms with Crippen molar-refractivity contribution in [3.63, 3.8) is 0 Å². The molecule has 0 spiro atoms. The Morgan fingerprint density at radius 1 is 1.21 bits per heavy atom. The van der Waals surface area contributed by atoms with Crippen LogP contribution < -0.4 is 15.8 Å². The first kappa shape index (κ1) is 12.9. The molecule has 0 atom stereocenters. The Bertz CT molecular complexity index is 543. The van der Waals surface area contributed by atoms with E-state index in [-0.39, 0.29) is 18.3 Å². The number of benzene rings is 1. The van der Waals surface area contributed by atoms with Crippen molar-refractivity contribution in [2.75, 3.05) is 12.3 Å². The molecule has 0 bridgehead atoms. The van der Waals surface area contributed by atoms with E-state index in [0.717, 1.165) is 5.56 Å². The minimum atomic E-state index is -0.202. The summed E-state index contributed by atoms with van der Waals surface area (Å²) in [6.07, 6.45) is 1.57. The fourth-order valence-corrected chi connectivity index (χ4v) is 1.52. The number of amides is 1. The van der Waals surface area contributed by atoms with E-state index < -0.39 is 0 Å². The normalized spacial score (nSPS) is 9.89. The molecule has 5 heteroatoms. The zero-order valence-electron chi connectivity index (χ0n) is 10.4. The second-order valence-electron chi connectivity index (χ2n) is 3.94. The number of anilines is 1. The van der Waals surface area contributed by atoms with Gasteiger partial charge < -0.3 is 15.8 Å². The number of pyridine rings is 1. The molecular formula is C14H15N3O2. The number of hydrogen-bond donors (Lipinski definition) is 2. The Kier molecular flexibility index (Phi) is 4.34. The minimum absolute atomic E-state index is 0.0806. The second-order valence-corrected chi connectivity index (χ2v) is 3.94. The molecule has 1 aromatic carbocycles. The highest BCUT2D eigenvalue weighted by molar-refractivity contribution is 5.77. The molecule has 1 heterocycles. The first-order valence-electron chi connectivity index (χ1n) is 5.89. The number of nitrogens with two attached hydrogens (primary N) is 1. The summed E-state index contributed by atoms with van der Waals surface area (Å²) in [4.78, 5) is 15.5. The predicted molar refractivity (Wildman–Crippen MR) is 72.4 cm³/mol. The Balaban J connectivity index is 1.78. The summed E-state index contributed by atoms with van der Waals surface area (Å²) < 4.78 is 5.29. The number of carbonyl (C=O) groups excluding carboxylic acids is 1. The summed E-state index contributed by atoms with van der Waals surface area (Å²) in [6.45, 7) is 0.397. The van der Waals surface area contributed by atoms with Crippen LogP contribution in [0.4, 0.5) is 5.82 Å². The Labute approximate surface area is 111 Å². The number of carbonyl (C=O) groups is 1. The van der Waals surface area contributed by atoms with Crippen molar-refractivity contribution in [1.82, 2.24) is 10.3 Å². The maximum absolute atomic E-state index is 11.6. The zero-order chi connectivity index (χ0) is 13.5. The maximum atomic E-state index is 11.6. The van der Waals surface area contributed by atoms with E-state index in [1.165, 1.54) is 0 Å². The number of nitrogens with zero attached hydrogens (tertiary/aromatic N) is 1. The summed E-state index contributed by atoms with van der Waals surface area (Å²) in [6, 6.07) is 13.0. The summed E-state index contributed by atoms with van der Waals surface area (Å²) in [5.74, 6) is 0.489. The minimum Gasteiger partial charge on any atom is -0.480 e. The maximum Gasteiger partial charge on any atom is 0.258 e. The van der Waals surface area contributed by atoms with Gasteiger partial charge in [-0.25, -0.2) is 4.98 Å². The van der Waals surface area contributed by atoms with E-state index in [1.807, 2.05) is 30.3 Å². The lowest BCUT2D eigenvalue weighted by Gasteiger charge is -2.08. The lowest BCUT2D eigenvalue weighted by molar-refractivity contribution is -0.123. The largest absolute Gasteiger partial charge is 0.480 e. The number of rotatable bonds is 5. The molecule has 19 heavy (non-hydrogen) atoms. The molecule has 0 aliphatic rings. The molecule has 2 aromatic rings. The van der Waals surface area contributed by atoms with Gasteiger partial charge in [0.1, 0.15) is 0 Å². The molecule has 0 saturated carbocycles. The molecule has 2 rings (SSSR count). The molecule has 0 aliphatic heterocycles. The van der Waals surface area contributed by atoms with Crippen molar-refractivity contribution >= 4 is 11.7 Å². The van der Waals surface area contributed by atoms with Gasteiger partial charge in [-0.1, -0.05) is 30.3 Å². The molecule has 0 unspecified atom stereocenters. The van der Waals surface area contributed by atoms with E-state index in [0.29, 0.717) is 12.3 Å². The lowest BCUT2D eigenvalue weighted by Crippen LogP contribution is -2.28. The van der Waals surface area contributed by atoms with Crippen LogP contribution in [0.5, 0.6) is 5.75 Å². The van der Waals surface area contributed by atoms with Gasteiger partial charge in [-0.3, -0.25) is 4.79 Å². The quantitative estimate of drug-likeness (QED) is 0.847. The van der Waals surface area contributed by atoms with E-state index in [1.54, 1.807) is 18.3 Å². The molecule has 0 saturated heterocycles. The fraction of sp³-hybridized carbons (Fsp3) is 0.143. The van der Waals surface area contributed by atoms with E-state index in [4.69, 9.17) is 10.5 Å². The molecule has 3 N–H and O–H groups in total. The first-order valence-corrected chi connectivity index (χ1v) is 5.89. The van der Waals surface area contributed by atoms with Crippen LogP contribution in [0.1, 0.15) is 5.56 Å². The Morgan fingerprint density at radius 2 is 2.00 bits per heavy atom. The molecule has 98 valence electrons. The summed E-state index contributed by atoms with van der Waals surface area (Å²) >= 11 is 0. The highest BCUT2D eigenvalue weighted by Gasteiger charge is 2.05. The van der Waals surface area contributed by atoms with Gasteiger partial charge in [-0.15, -0.1) is 0 Å². The van der Waals surface area contributed by atoms with Crippen LogP contribution in [-0.4, -0.2) is 17.5 Å². The number of nitrogens with one attached hydrogen (secondary N) is 1. The standard InChI is InChI=1S/C14H15N3O2/c15-14-12(7-4-8-16-14)19-10-13(18)17-9-11-5-2-1-3-6-11/h1-8H,9-10H2,(H2,15,16)(H,17,18). The third kappa shape index (κ3) is 3.99. The topological polar surface area (TPSA) is 77.2 Å². The Morgan fingerprint density at radius 3 is 2.74 bits per heavy atom. The van der Waals surface area contributed by atoms with Crippen LogP contribution >= 0.6 is 0 Å². The van der Waals surface area contributed by atoms with Gasteiger partial charge in [-0.2, -0.15) is 0 Å². The van der Waals surface area contributed by atoms with Gasteiger partial charge in [0, 0.05) is 12.7 Å². The summed E-state index contributed by atoms with van der Waals surface area (Å²) in [7, 11) is 0. The van der Waals surface area contributed by atoms with E-state index in [2.05, 4.69) is 10.3 Å². The monoisotopic (exact) mass is 257 g/mol. The smallest absolute Gasteiger partial charge is 0.258 e. The van der Waals surface area contributed by atoms with Crippen molar-refractivity contribution < 1.29 is 9.53 Å². The van der Waals surface area contributed by atoms with Gasteiger partial charge >= 0.3 is 0 Å². The molecule has 0 aliphatic carbocycles. The van der Waals surface area contributed by atoms with E-state index >= 15 is 0 Å². The van der Waals surface area contributed by atoms with Gasteiger partial charge in [0.15, 0.2) is 18.2 Å². The van der Waals surface area contributed by atoms with Crippen molar-refractivity contribution in [3.05, 3.63) is 54.2 Å². The molecule has 1 amide bonds. The molecule has 1 aromatic heterocycles. The highest BCUT2D eigenvalue weighted by atomic mass is 16.5. The number of hydrogen-bond acceptors (Lipinski definition) is 4. The van der Waals surface area contributed by atoms with Crippen molar-refractivity contribution in [1.29, 1.82) is 0 Å². The summed E-state index contributed by atoms with van der Waals surface area (Å²) in [5.41, 5.74) is 6.64. The molecular weight excluding hydrogens is 242 g/mol. The summed E-state index contributed by atoms with van der Waals surface area (Å²) in [5, 5.41) is 2.76. The lowest BCUT2D eigenvalue weighted by atomic mass is 10.2. The predicted octanol–water partition coefficient (Wildman–Crippen LogP) is 1.36. The van der Waals surface area contributed by atoms with Crippen molar-refractivity contribution in [2.45, 2.75) is 6.54 Å². The van der Waals surface area contributed by atoms with Crippen molar-refractivity contribution in [3.8, 4) is 5.75 Å². The van der Waals surface area contributed by atoms with Gasteiger partial charge in [0.2, 0.25) is 0 Å². The van der Waals surface area contributed by atoms with Crippen molar-refractivity contribution in [2.24, 2.45) is 0 Å². The highest BCUT2D eigenvalue weighted by Crippen LogP contribution is 2.16. The zero-order valence-corrected chi connectivity index (χ0v) is 10.4. The average molecular weight is 257 g/mol. The third-order valence-corrected chi connectivity index (χ3v) is 2.49. The van der Waals surface area contributed by atoms with Gasteiger partial charge in [0.25, 0.3) is 5.91 Å². The number of nitrogen functional groups attached to an aromatic ring is 1. The number of ether oxygens (including phenoxy) is 1. The molecule has 5 nitrogen and oxygen atoms in total. The first-order chi connectivity index (χ1) is 9.25. The van der Waals surface area contributed by atoms with E-state index in [9.17, 15) is 4.79 Å².